The van der Waals surface area contributed by atoms with E-state index in [9.17, 15) is 9.59 Å². The van der Waals surface area contributed by atoms with E-state index >= 15 is 0 Å². The summed E-state index contributed by atoms with van der Waals surface area (Å²) in [4.78, 5) is 32.3. The minimum Gasteiger partial charge on any atom is -0.381 e. The normalized spacial score (nSPS) is 29.6. The molecular weight excluding hydrogens is 392 g/mol. The van der Waals surface area contributed by atoms with Gasteiger partial charge in [-0.15, -0.1) is 0 Å². The molecule has 0 saturated heterocycles. The number of guanidine groups is 1. The average molecular weight is 421 g/mol. The standard InChI is InChI=1S/C24H28N4O3/c1-27-11-8-16(13-20(27)29)15-4-5-17-14-23(9-6-18(31-3)7-10-23)24(19(17)12-15)21(30)28(2)22(25)26-24/h4-5,8,11-13,18H,6-7,9-10,14H2,1-3H3,(H2,25,26). The van der Waals surface area contributed by atoms with Gasteiger partial charge in [-0.25, -0.2) is 4.99 Å². The molecule has 31 heavy (non-hydrogen) atoms. The number of benzene rings is 1. The Labute approximate surface area is 181 Å². The van der Waals surface area contributed by atoms with Crippen molar-refractivity contribution in [3.05, 3.63) is 58.0 Å². The Morgan fingerprint density at radius 2 is 1.81 bits per heavy atom. The Morgan fingerprint density at radius 1 is 1.10 bits per heavy atom. The fraction of sp³-hybridized carbons (Fsp3) is 0.458. The second-order valence-corrected chi connectivity index (χ2v) is 9.17. The Balaban J connectivity index is 1.68. The van der Waals surface area contributed by atoms with E-state index in [0.29, 0.717) is 0 Å². The number of carbonyl (C=O) groups excluding carboxylic acids is 1. The molecule has 0 radical (unpaired) electrons. The first-order chi connectivity index (χ1) is 14.8. The maximum absolute atomic E-state index is 13.7. The summed E-state index contributed by atoms with van der Waals surface area (Å²) in [5.41, 5.74) is 8.64. The number of nitrogens with zero attached hydrogens (tertiary/aromatic N) is 3. The second kappa shape index (κ2) is 6.79. The lowest BCUT2D eigenvalue weighted by molar-refractivity contribution is -0.137. The number of likely N-dealkylation sites (N-methyl/N-ethyl adjacent to an activating group) is 1. The molecule has 1 amide bonds. The quantitative estimate of drug-likeness (QED) is 0.806. The third-order valence-corrected chi connectivity index (χ3v) is 7.70. The molecule has 0 bridgehead atoms. The van der Waals surface area contributed by atoms with Crippen molar-refractivity contribution in [2.45, 2.75) is 43.7 Å². The predicted molar refractivity (Wildman–Crippen MR) is 119 cm³/mol. The summed E-state index contributed by atoms with van der Waals surface area (Å²) in [6.45, 7) is 0. The molecule has 1 saturated carbocycles. The van der Waals surface area contributed by atoms with Crippen molar-refractivity contribution in [1.29, 1.82) is 0 Å². The first-order valence-electron chi connectivity index (χ1n) is 10.8. The number of hydrogen-bond donors (Lipinski definition) is 1. The number of nitrogens with two attached hydrogens (primary N) is 1. The minimum atomic E-state index is -1.00. The van der Waals surface area contributed by atoms with E-state index in [0.717, 1.165) is 54.4 Å². The van der Waals surface area contributed by atoms with Gasteiger partial charge in [-0.1, -0.05) is 12.1 Å². The monoisotopic (exact) mass is 420 g/mol. The number of rotatable bonds is 2. The Morgan fingerprint density at radius 3 is 2.42 bits per heavy atom. The van der Waals surface area contributed by atoms with Gasteiger partial charge in [0.05, 0.1) is 6.10 Å². The van der Waals surface area contributed by atoms with Gasteiger partial charge in [-0.3, -0.25) is 14.5 Å². The molecule has 5 rings (SSSR count). The van der Waals surface area contributed by atoms with Gasteiger partial charge >= 0.3 is 0 Å². The summed E-state index contributed by atoms with van der Waals surface area (Å²) >= 11 is 0. The van der Waals surface area contributed by atoms with Gasteiger partial charge in [-0.05, 0) is 66.5 Å². The first-order valence-corrected chi connectivity index (χ1v) is 10.8. The SMILES string of the molecule is COC1CCC2(CC1)Cc1ccc(-c3ccn(C)c(=O)c3)cc1C21N=C(N)N(C)C1=O. The van der Waals surface area contributed by atoms with Gasteiger partial charge in [0.15, 0.2) is 11.5 Å². The summed E-state index contributed by atoms with van der Waals surface area (Å²) < 4.78 is 7.15. The van der Waals surface area contributed by atoms with Gasteiger partial charge in [0.1, 0.15) is 0 Å². The molecule has 2 aliphatic carbocycles. The fourth-order valence-electron chi connectivity index (χ4n) is 5.83. The lowest BCUT2D eigenvalue weighted by atomic mass is 9.61. The number of aliphatic imine (C=N–C) groups is 1. The molecular formula is C24H28N4O3. The van der Waals surface area contributed by atoms with Crippen LogP contribution in [-0.2, 0) is 28.5 Å². The molecule has 1 fully saturated rings. The number of amides is 1. The highest BCUT2D eigenvalue weighted by atomic mass is 16.5. The van der Waals surface area contributed by atoms with Crippen LogP contribution < -0.4 is 11.3 Å². The molecule has 1 aromatic carbocycles. The maximum atomic E-state index is 13.7. The van der Waals surface area contributed by atoms with Crippen LogP contribution in [0.1, 0.15) is 36.8 Å². The molecule has 2 N–H and O–H groups in total. The molecule has 2 aromatic rings. The van der Waals surface area contributed by atoms with Crippen molar-refractivity contribution in [1.82, 2.24) is 9.47 Å². The molecule has 3 aliphatic rings. The number of aryl methyl sites for hydroxylation is 1. The first kappa shape index (κ1) is 20.0. The summed E-state index contributed by atoms with van der Waals surface area (Å²) in [6, 6.07) is 9.73. The highest BCUT2D eigenvalue weighted by Crippen LogP contribution is 2.62. The van der Waals surface area contributed by atoms with E-state index < -0.39 is 5.54 Å². The fourth-order valence-corrected chi connectivity index (χ4v) is 5.83. The highest BCUT2D eigenvalue weighted by molar-refractivity contribution is 6.08. The van der Waals surface area contributed by atoms with Gasteiger partial charge in [0, 0.05) is 38.9 Å². The van der Waals surface area contributed by atoms with E-state index in [1.807, 2.05) is 12.1 Å². The zero-order chi connectivity index (χ0) is 22.0. The van der Waals surface area contributed by atoms with Crippen molar-refractivity contribution < 1.29 is 9.53 Å². The summed E-state index contributed by atoms with van der Waals surface area (Å²) in [5.74, 6) is 0.214. The third kappa shape index (κ3) is 2.65. The number of ether oxygens (including phenoxy) is 1. The number of carbonyl (C=O) groups is 1. The van der Waals surface area contributed by atoms with Gasteiger partial charge < -0.3 is 15.0 Å². The number of fused-ring (bicyclic) bond motifs is 3. The van der Waals surface area contributed by atoms with E-state index in [-0.39, 0.29) is 28.9 Å². The lowest BCUT2D eigenvalue weighted by Gasteiger charge is -2.45. The Kier molecular flexibility index (Phi) is 4.38. The largest absolute Gasteiger partial charge is 0.381 e. The zero-order valence-corrected chi connectivity index (χ0v) is 18.2. The van der Waals surface area contributed by atoms with Crippen LogP contribution >= 0.6 is 0 Å². The zero-order valence-electron chi connectivity index (χ0n) is 18.2. The Hall–Kier alpha value is -2.93. The summed E-state index contributed by atoms with van der Waals surface area (Å²) in [6.07, 6.45) is 6.30. The molecule has 2 spiro atoms. The summed E-state index contributed by atoms with van der Waals surface area (Å²) in [7, 11) is 5.18. The van der Waals surface area contributed by atoms with Crippen molar-refractivity contribution in [3.63, 3.8) is 0 Å². The van der Waals surface area contributed by atoms with Crippen LogP contribution in [0.3, 0.4) is 0 Å². The van der Waals surface area contributed by atoms with E-state index in [4.69, 9.17) is 15.5 Å². The minimum absolute atomic E-state index is 0.0549. The molecule has 2 heterocycles. The maximum Gasteiger partial charge on any atom is 0.262 e. The number of methoxy groups -OCH3 is 1. The van der Waals surface area contributed by atoms with Crippen molar-refractivity contribution >= 4 is 11.9 Å². The van der Waals surface area contributed by atoms with Crippen LogP contribution in [0.2, 0.25) is 0 Å². The summed E-state index contributed by atoms with van der Waals surface area (Å²) in [5, 5.41) is 0. The topological polar surface area (TPSA) is 89.9 Å². The molecule has 1 atom stereocenters. The van der Waals surface area contributed by atoms with E-state index in [1.54, 1.807) is 38.0 Å². The third-order valence-electron chi connectivity index (χ3n) is 7.70. The van der Waals surface area contributed by atoms with Gasteiger partial charge in [-0.2, -0.15) is 0 Å². The van der Waals surface area contributed by atoms with Gasteiger partial charge in [0.2, 0.25) is 0 Å². The molecule has 162 valence electrons. The lowest BCUT2D eigenvalue weighted by Crippen LogP contribution is -2.51. The van der Waals surface area contributed by atoms with Crippen molar-refractivity contribution in [2.75, 3.05) is 14.2 Å². The van der Waals surface area contributed by atoms with Crippen LogP contribution in [0.15, 0.2) is 46.3 Å². The van der Waals surface area contributed by atoms with Crippen LogP contribution in [0.4, 0.5) is 0 Å². The predicted octanol–water partition coefficient (Wildman–Crippen LogP) is 2.17. The van der Waals surface area contributed by atoms with Crippen LogP contribution in [-0.4, -0.2) is 41.6 Å². The van der Waals surface area contributed by atoms with Crippen LogP contribution in [0, 0.1) is 5.41 Å². The van der Waals surface area contributed by atoms with Crippen LogP contribution in [0.5, 0.6) is 0 Å². The number of aromatic nitrogens is 1. The highest BCUT2D eigenvalue weighted by Gasteiger charge is 2.66. The van der Waals surface area contributed by atoms with Crippen LogP contribution in [0.25, 0.3) is 11.1 Å². The molecule has 1 aliphatic heterocycles. The average Bonchev–Trinajstić information content (AvgIpc) is 3.17. The Bertz CT molecular complexity index is 1160. The van der Waals surface area contributed by atoms with E-state index in [2.05, 4.69) is 12.1 Å². The van der Waals surface area contributed by atoms with Crippen molar-refractivity contribution in [3.8, 4) is 11.1 Å². The molecule has 1 aromatic heterocycles. The van der Waals surface area contributed by atoms with Crippen molar-refractivity contribution in [2.24, 2.45) is 23.2 Å². The molecule has 1 unspecified atom stereocenters. The number of hydrogen-bond acceptors (Lipinski definition) is 5. The second-order valence-electron chi connectivity index (χ2n) is 9.17. The van der Waals surface area contributed by atoms with E-state index in [1.165, 1.54) is 4.90 Å². The number of pyridine rings is 1. The smallest absolute Gasteiger partial charge is 0.262 e. The molecule has 7 heteroatoms. The van der Waals surface area contributed by atoms with Gasteiger partial charge in [0.25, 0.3) is 11.5 Å². The molecule has 7 nitrogen and oxygen atoms in total.